The Hall–Kier alpha value is -7.18. The summed E-state index contributed by atoms with van der Waals surface area (Å²) in [7, 11) is 0. The van der Waals surface area contributed by atoms with Crippen molar-refractivity contribution in [2.24, 2.45) is 5.92 Å². The van der Waals surface area contributed by atoms with Gasteiger partial charge in [0.1, 0.15) is 68.4 Å². The van der Waals surface area contributed by atoms with Crippen LogP contribution in [0.25, 0.3) is 0 Å². The van der Waals surface area contributed by atoms with Crippen molar-refractivity contribution in [1.29, 1.82) is 0 Å². The Labute approximate surface area is 869 Å². The van der Waals surface area contributed by atoms with E-state index in [1.54, 1.807) is 50.2 Å². The fourth-order valence-corrected chi connectivity index (χ4v) is 16.6. The summed E-state index contributed by atoms with van der Waals surface area (Å²) in [5.74, 6) is 9.04. The van der Waals surface area contributed by atoms with Crippen LogP contribution in [-0.4, -0.2) is 227 Å². The molecule has 45 heteroatoms. The van der Waals surface area contributed by atoms with Gasteiger partial charge in [-0.3, -0.25) is 33.6 Å². The number of rotatable bonds is 64. The maximum Gasteiger partial charge on any atom is 0.343 e. The number of aromatic nitrogens is 6. The average molecular weight is 2150 g/mol. The van der Waals surface area contributed by atoms with E-state index in [1.165, 1.54) is 44.1 Å². The first-order valence-electron chi connectivity index (χ1n) is 45.7. The second kappa shape index (κ2) is 74.7. The Morgan fingerprint density at radius 2 is 0.674 bits per heavy atom. The highest BCUT2D eigenvalue weighted by Crippen LogP contribution is 2.38. The van der Waals surface area contributed by atoms with Crippen LogP contribution in [0.3, 0.4) is 0 Å². The van der Waals surface area contributed by atoms with Gasteiger partial charge in [0.25, 0.3) is 0 Å². The lowest BCUT2D eigenvalue weighted by atomic mass is 9.77. The molecule has 2 aromatic heterocycles. The summed E-state index contributed by atoms with van der Waals surface area (Å²) in [6.07, 6.45) is 14.3. The van der Waals surface area contributed by atoms with E-state index in [0.717, 1.165) is 118 Å². The van der Waals surface area contributed by atoms with Crippen LogP contribution >= 0.6 is 150 Å². The van der Waals surface area contributed by atoms with Gasteiger partial charge in [0, 0.05) is 39.9 Å². The molecule has 2 unspecified atom stereocenters. The van der Waals surface area contributed by atoms with Crippen molar-refractivity contribution in [2.45, 2.75) is 203 Å². The van der Waals surface area contributed by atoms with Crippen molar-refractivity contribution < 1.29 is 99.9 Å². The molecule has 770 valence electrons. The Kier molecular flexibility index (Phi) is 66.6. The molecule has 1 fully saturated rings. The predicted molar refractivity (Wildman–Crippen MR) is 569 cm³/mol. The van der Waals surface area contributed by atoms with Crippen molar-refractivity contribution in [3.63, 3.8) is 0 Å². The average Bonchev–Trinajstić information content (AvgIpc) is 0.786. The number of hydrogen-bond acceptors (Lipinski definition) is 39. The standard InChI is InChI=1S/C34H44O6S4.C21H32O3S.C20H31N3O9S4.C18H27N3O9S3/c35-34(29-7-11-30(12-8-29)37-18-1-23-43-25-3-21-41)40-33-9-5-28(6-10-33)17-20-36-27-39-32-15-13-31(14-16-32)38-19-2-24-44-26-4-22-42;1-2-4-17-5-7-18(8-6-17)19-9-11-20(12-10-19)23-14-3-15-24-21(22)13-16-25;1-12(33)9-14(24)30-6-3-21-18(27)22(4-7-31-15(25)10-13(2)34)20(29)23(19(21)28)5-8-32-16(26)11-17(35)36;22-13(1-10-31)28-7-4-19-16(25)20(5-8-29-14(23)2-11-32)18(27)21(17(19)26)6-9-30-15(24)3-12-33/h5-16,41-42H,1-4,17-27H2;9-12,17-18,25H,2-8,13-16H2,1H3;12-13,17,33-36H,3-11H2,1-2H3;31-33H,1-12H2. The van der Waals surface area contributed by atoms with Gasteiger partial charge in [0.2, 0.25) is 0 Å². The van der Waals surface area contributed by atoms with Gasteiger partial charge in [-0.05, 0) is 188 Å². The topological polar surface area (TPSA) is 389 Å². The Morgan fingerprint density at radius 3 is 1.02 bits per heavy atom. The summed E-state index contributed by atoms with van der Waals surface area (Å²) in [6, 6.07) is 30.7. The fourth-order valence-electron chi connectivity index (χ4n) is 12.8. The van der Waals surface area contributed by atoms with Gasteiger partial charge in [-0.25, -0.2) is 61.0 Å². The van der Waals surface area contributed by atoms with Crippen molar-refractivity contribution in [2.75, 3.05) is 137 Å². The van der Waals surface area contributed by atoms with Crippen LogP contribution in [0.2, 0.25) is 0 Å². The van der Waals surface area contributed by atoms with E-state index in [1.807, 2.05) is 59.9 Å². The second-order valence-corrected chi connectivity index (χ2v) is 39.4. The molecule has 4 aromatic carbocycles. The number of thioether (sulfide) groups is 2. The van der Waals surface area contributed by atoms with Gasteiger partial charge >= 0.3 is 81.9 Å². The van der Waals surface area contributed by atoms with Gasteiger partial charge in [0.15, 0.2) is 6.79 Å². The van der Waals surface area contributed by atoms with Crippen LogP contribution in [-0.2, 0) is 117 Å². The highest BCUT2D eigenvalue weighted by atomic mass is 32.2. The van der Waals surface area contributed by atoms with Crippen molar-refractivity contribution >= 4 is 198 Å². The van der Waals surface area contributed by atoms with Crippen molar-refractivity contribution in [1.82, 2.24) is 27.4 Å². The first kappa shape index (κ1) is 123. The minimum absolute atomic E-state index is 0.0306. The molecule has 1 aliphatic rings. The summed E-state index contributed by atoms with van der Waals surface area (Å²) in [5, 5.41) is -0.480. The van der Waals surface area contributed by atoms with Gasteiger partial charge in [0.05, 0.1) is 127 Å². The number of nitrogens with zero attached hydrogens (tertiary/aromatic N) is 6. The van der Waals surface area contributed by atoms with E-state index in [0.29, 0.717) is 79.8 Å². The minimum Gasteiger partial charge on any atom is -0.494 e. The number of esters is 8. The fraction of sp³-hybridized carbons (Fsp3) is 0.591. The summed E-state index contributed by atoms with van der Waals surface area (Å²) < 4.78 is 72.9. The zero-order valence-electron chi connectivity index (χ0n) is 78.4. The Morgan fingerprint density at radius 1 is 0.355 bits per heavy atom. The molecule has 2 atom stereocenters. The van der Waals surface area contributed by atoms with Crippen LogP contribution in [0.1, 0.15) is 164 Å². The van der Waals surface area contributed by atoms with E-state index in [2.05, 4.69) is 157 Å². The van der Waals surface area contributed by atoms with Crippen molar-refractivity contribution in [3.05, 3.63) is 177 Å². The molecule has 0 amide bonds. The maximum absolute atomic E-state index is 12.9. The first-order chi connectivity index (χ1) is 66.5. The lowest BCUT2D eigenvalue weighted by Gasteiger charge is -2.28. The molecule has 0 spiro atoms. The summed E-state index contributed by atoms with van der Waals surface area (Å²) in [5.41, 5.74) is -2.78. The van der Waals surface area contributed by atoms with Crippen LogP contribution in [0.15, 0.2) is 126 Å². The van der Waals surface area contributed by atoms with Gasteiger partial charge < -0.3 is 61.6 Å². The van der Waals surface area contributed by atoms with Crippen LogP contribution in [0.5, 0.6) is 28.7 Å². The Bertz CT molecular complexity index is 4600. The van der Waals surface area contributed by atoms with Gasteiger partial charge in [-0.1, -0.05) is 57.9 Å². The largest absolute Gasteiger partial charge is 0.494 e. The lowest BCUT2D eigenvalue weighted by molar-refractivity contribution is -0.144. The molecular weight excluding hydrogens is 2020 g/mol. The molecule has 6 aromatic rings. The first-order valence-corrected chi connectivity index (χ1v) is 53.9. The third-order valence-electron chi connectivity index (χ3n) is 19.7. The van der Waals surface area contributed by atoms with Gasteiger partial charge in [-0.2, -0.15) is 150 Å². The molecular formula is C93H134N6O27S12. The van der Waals surface area contributed by atoms with E-state index in [4.69, 9.17) is 61.6 Å². The summed E-state index contributed by atoms with van der Waals surface area (Å²) >= 11 is 44.2. The molecule has 7 rings (SSSR count). The maximum atomic E-state index is 12.9. The predicted octanol–water partition coefficient (Wildman–Crippen LogP) is 12.1. The van der Waals surface area contributed by atoms with Gasteiger partial charge in [-0.15, -0.1) is 0 Å². The molecule has 0 radical (unpaired) electrons. The normalized spacial score (nSPS) is 13.0. The van der Waals surface area contributed by atoms with E-state index in [-0.39, 0.29) is 158 Å². The van der Waals surface area contributed by atoms with E-state index < -0.39 is 80.5 Å². The van der Waals surface area contributed by atoms with Crippen LogP contribution in [0, 0.1) is 5.92 Å². The third kappa shape index (κ3) is 52.7. The molecule has 0 N–H and O–H groups in total. The summed E-state index contributed by atoms with van der Waals surface area (Å²) in [4.78, 5) is 170. The molecule has 0 aliphatic heterocycles. The highest BCUT2D eigenvalue weighted by Gasteiger charge is 2.25. The molecule has 33 nitrogen and oxygen atoms in total. The lowest BCUT2D eigenvalue weighted by Crippen LogP contribution is -2.55. The number of carbonyl (C=O) groups excluding carboxylic acids is 8. The highest BCUT2D eigenvalue weighted by molar-refractivity contribution is 7.99. The van der Waals surface area contributed by atoms with Crippen LogP contribution < -0.4 is 57.8 Å². The molecule has 1 saturated carbocycles. The van der Waals surface area contributed by atoms with Crippen LogP contribution in [0.4, 0.5) is 0 Å². The Balaban J connectivity index is 0.000000391. The molecule has 0 bridgehead atoms. The molecule has 2 heterocycles. The molecule has 138 heavy (non-hydrogen) atoms. The second-order valence-electron chi connectivity index (χ2n) is 30.8. The number of thiol groups is 10. The smallest absolute Gasteiger partial charge is 0.343 e. The minimum atomic E-state index is -0.974. The molecule has 0 saturated heterocycles. The third-order valence-corrected chi connectivity index (χ3v) is 24.2. The van der Waals surface area contributed by atoms with E-state index >= 15 is 0 Å². The zero-order chi connectivity index (χ0) is 101. The number of benzene rings is 4. The SMILES string of the molecule is CC(S)CC(=O)OCCn1c(=O)n(CCOC(=O)CC(C)S)c(=O)n(CCOC(=O)CC(S)S)c1=O.CCCC1CCC(c2ccc(OCCCOC(=O)CCS)cc2)CC1.O=C(CCS)OCCn1c(=O)n(CCOC(=O)CCS)c(=O)n(CCOC(=O)CCS)c1=O.O=C(Oc1ccc(CCOCOc2ccc(OCCCSCCCS)cc2)cc1)c1ccc(OCCCSCCCS)cc1. The molecule has 1 aliphatic carbocycles. The number of ether oxygens (including phenoxy) is 13. The number of carbonyl (C=O) groups is 8. The monoisotopic (exact) mass is 2150 g/mol. The quantitative estimate of drug-likeness (QED) is 0.00423. The number of hydrogen-bond donors (Lipinski definition) is 10. The zero-order valence-corrected chi connectivity index (χ0v) is 88.9. The van der Waals surface area contributed by atoms with E-state index in [9.17, 15) is 67.1 Å². The summed E-state index contributed by atoms with van der Waals surface area (Å²) in [6.45, 7) is 4.98. The van der Waals surface area contributed by atoms with Crippen molar-refractivity contribution in [3.8, 4) is 28.7 Å².